The van der Waals surface area contributed by atoms with Crippen LogP contribution in [0.15, 0.2) is 59.5 Å². The fourth-order valence-corrected chi connectivity index (χ4v) is 3.44. The predicted octanol–water partition coefficient (Wildman–Crippen LogP) is 4.32. The fraction of sp³-hybridized carbons (Fsp3) is 0. The average Bonchev–Trinajstić information content (AvgIpc) is 2.85. The predicted molar refractivity (Wildman–Crippen MR) is 90.6 cm³/mol. The van der Waals surface area contributed by atoms with Crippen molar-refractivity contribution in [3.63, 3.8) is 0 Å². The lowest BCUT2D eigenvalue weighted by Crippen LogP contribution is -2.17. The first-order valence-electron chi connectivity index (χ1n) is 6.88. The molecule has 106 valence electrons. The van der Waals surface area contributed by atoms with E-state index in [1.165, 1.54) is 5.39 Å². The highest BCUT2D eigenvalue weighted by Crippen LogP contribution is 2.32. The summed E-state index contributed by atoms with van der Waals surface area (Å²) < 4.78 is 0. The molecule has 1 saturated heterocycles. The van der Waals surface area contributed by atoms with Crippen molar-refractivity contribution in [2.45, 2.75) is 0 Å². The van der Waals surface area contributed by atoms with Gasteiger partial charge in [-0.05, 0) is 51.0 Å². The first-order valence-corrected chi connectivity index (χ1v) is 7.69. The second-order valence-electron chi connectivity index (χ2n) is 5.08. The summed E-state index contributed by atoms with van der Waals surface area (Å²) in [6, 6.07) is 18.3. The SMILES string of the molecule is O=C1NC(=O)/C(=C/c2cc3ccccc3c3ccccc23)S1. The van der Waals surface area contributed by atoms with E-state index in [0.29, 0.717) is 4.91 Å². The van der Waals surface area contributed by atoms with Crippen molar-refractivity contribution < 1.29 is 9.59 Å². The molecule has 1 N–H and O–H groups in total. The Kier molecular flexibility index (Phi) is 2.98. The van der Waals surface area contributed by atoms with Gasteiger partial charge in [0, 0.05) is 0 Å². The molecule has 3 aromatic rings. The molecule has 3 nitrogen and oxygen atoms in total. The lowest BCUT2D eigenvalue weighted by atomic mass is 9.97. The summed E-state index contributed by atoms with van der Waals surface area (Å²) >= 11 is 0.944. The monoisotopic (exact) mass is 305 g/mol. The Morgan fingerprint density at radius 3 is 2.27 bits per heavy atom. The van der Waals surface area contributed by atoms with Gasteiger partial charge in [0.15, 0.2) is 0 Å². The van der Waals surface area contributed by atoms with E-state index in [9.17, 15) is 9.59 Å². The van der Waals surface area contributed by atoms with Crippen LogP contribution >= 0.6 is 11.8 Å². The minimum absolute atomic E-state index is 0.318. The smallest absolute Gasteiger partial charge is 0.282 e. The zero-order chi connectivity index (χ0) is 15.1. The van der Waals surface area contributed by atoms with Gasteiger partial charge in [0.25, 0.3) is 11.1 Å². The summed E-state index contributed by atoms with van der Waals surface area (Å²) in [7, 11) is 0. The molecule has 22 heavy (non-hydrogen) atoms. The van der Waals surface area contributed by atoms with E-state index in [2.05, 4.69) is 29.6 Å². The Balaban J connectivity index is 2.02. The van der Waals surface area contributed by atoms with Crippen molar-refractivity contribution >= 4 is 50.5 Å². The van der Waals surface area contributed by atoms with Crippen LogP contribution in [0.25, 0.3) is 27.6 Å². The molecule has 0 bridgehead atoms. The molecule has 1 aliphatic rings. The van der Waals surface area contributed by atoms with Crippen molar-refractivity contribution in [3.05, 3.63) is 65.1 Å². The maximum atomic E-state index is 11.8. The minimum atomic E-state index is -0.327. The molecule has 3 aromatic carbocycles. The maximum absolute atomic E-state index is 11.8. The molecule has 4 heteroatoms. The molecule has 0 radical (unpaired) electrons. The Morgan fingerprint density at radius 1 is 0.864 bits per heavy atom. The highest BCUT2D eigenvalue weighted by Gasteiger charge is 2.25. The van der Waals surface area contributed by atoms with Crippen LogP contribution in [-0.2, 0) is 4.79 Å². The largest absolute Gasteiger partial charge is 0.290 e. The van der Waals surface area contributed by atoms with E-state index >= 15 is 0 Å². The van der Waals surface area contributed by atoms with Gasteiger partial charge in [-0.3, -0.25) is 14.9 Å². The zero-order valence-corrected chi connectivity index (χ0v) is 12.3. The van der Waals surface area contributed by atoms with E-state index in [4.69, 9.17) is 0 Å². The molecule has 0 atom stereocenters. The molecule has 0 unspecified atom stereocenters. The van der Waals surface area contributed by atoms with Crippen molar-refractivity contribution in [1.82, 2.24) is 5.32 Å². The Bertz CT molecular complexity index is 975. The number of benzene rings is 3. The van der Waals surface area contributed by atoms with Crippen molar-refractivity contribution in [2.24, 2.45) is 0 Å². The van der Waals surface area contributed by atoms with Gasteiger partial charge < -0.3 is 0 Å². The topological polar surface area (TPSA) is 46.2 Å². The number of imide groups is 1. The van der Waals surface area contributed by atoms with E-state index in [-0.39, 0.29) is 11.1 Å². The standard InChI is InChI=1S/C18H11NO2S/c20-17-16(22-18(21)19-17)10-12-9-11-5-1-2-6-13(11)15-8-4-3-7-14(12)15/h1-10H,(H,19,20,21)/b16-10-. The van der Waals surface area contributed by atoms with Gasteiger partial charge in [-0.25, -0.2) is 0 Å². The van der Waals surface area contributed by atoms with Crippen LogP contribution in [0, 0.1) is 0 Å². The number of nitrogens with one attached hydrogen (secondary N) is 1. The van der Waals surface area contributed by atoms with E-state index < -0.39 is 0 Å². The highest BCUT2D eigenvalue weighted by molar-refractivity contribution is 8.18. The second-order valence-corrected chi connectivity index (χ2v) is 6.10. The number of hydrogen-bond donors (Lipinski definition) is 1. The first kappa shape index (κ1) is 13.1. The van der Waals surface area contributed by atoms with Gasteiger partial charge in [-0.15, -0.1) is 0 Å². The summed E-state index contributed by atoms with van der Waals surface area (Å²) in [4.78, 5) is 23.5. The van der Waals surface area contributed by atoms with Gasteiger partial charge >= 0.3 is 0 Å². The highest BCUT2D eigenvalue weighted by atomic mass is 32.2. The molecule has 1 heterocycles. The number of hydrogen-bond acceptors (Lipinski definition) is 3. The van der Waals surface area contributed by atoms with Crippen LogP contribution in [0.4, 0.5) is 4.79 Å². The van der Waals surface area contributed by atoms with Crippen molar-refractivity contribution in [2.75, 3.05) is 0 Å². The molecular weight excluding hydrogens is 294 g/mol. The molecule has 1 fully saturated rings. The van der Waals surface area contributed by atoms with Gasteiger partial charge in [-0.1, -0.05) is 48.5 Å². The first-order chi connectivity index (χ1) is 10.7. The number of carbonyl (C=O) groups is 2. The third-order valence-electron chi connectivity index (χ3n) is 3.73. The third-order valence-corrected chi connectivity index (χ3v) is 4.54. The van der Waals surface area contributed by atoms with Crippen LogP contribution in [0.3, 0.4) is 0 Å². The van der Waals surface area contributed by atoms with Gasteiger partial charge in [-0.2, -0.15) is 0 Å². The lowest BCUT2D eigenvalue weighted by molar-refractivity contribution is -0.115. The third kappa shape index (κ3) is 2.09. The molecule has 0 aromatic heterocycles. The van der Waals surface area contributed by atoms with Gasteiger partial charge in [0.2, 0.25) is 0 Å². The summed E-state index contributed by atoms with van der Waals surface area (Å²) in [6.45, 7) is 0. The Morgan fingerprint density at radius 2 is 1.55 bits per heavy atom. The van der Waals surface area contributed by atoms with E-state index in [0.717, 1.165) is 33.5 Å². The summed E-state index contributed by atoms with van der Waals surface area (Å²) in [5.74, 6) is -0.327. The molecule has 1 aliphatic heterocycles. The summed E-state index contributed by atoms with van der Waals surface area (Å²) in [5, 5.41) is 6.48. The fourth-order valence-electron chi connectivity index (χ4n) is 2.76. The maximum Gasteiger partial charge on any atom is 0.290 e. The van der Waals surface area contributed by atoms with Crippen LogP contribution in [0.5, 0.6) is 0 Å². The van der Waals surface area contributed by atoms with Gasteiger partial charge in [0.05, 0.1) is 4.91 Å². The molecule has 0 saturated carbocycles. The number of fused-ring (bicyclic) bond motifs is 3. The normalized spacial score (nSPS) is 16.6. The van der Waals surface area contributed by atoms with Crippen LogP contribution in [0.1, 0.15) is 5.56 Å². The summed E-state index contributed by atoms with van der Waals surface area (Å²) in [6.07, 6.45) is 1.79. The quantitative estimate of drug-likeness (QED) is 0.538. The average molecular weight is 305 g/mol. The number of rotatable bonds is 1. The van der Waals surface area contributed by atoms with Crippen LogP contribution < -0.4 is 5.32 Å². The number of thioether (sulfide) groups is 1. The van der Waals surface area contributed by atoms with Crippen LogP contribution in [-0.4, -0.2) is 11.1 Å². The number of carbonyl (C=O) groups excluding carboxylic acids is 2. The summed E-state index contributed by atoms with van der Waals surface area (Å²) in [5.41, 5.74) is 0.946. The van der Waals surface area contributed by atoms with Gasteiger partial charge in [0.1, 0.15) is 0 Å². The lowest BCUT2D eigenvalue weighted by Gasteiger charge is -2.08. The molecule has 2 amide bonds. The Hall–Kier alpha value is -2.59. The molecule has 0 aliphatic carbocycles. The van der Waals surface area contributed by atoms with E-state index in [1.54, 1.807) is 6.08 Å². The molecule has 0 spiro atoms. The minimum Gasteiger partial charge on any atom is -0.282 e. The second kappa shape index (κ2) is 5.00. The Labute approximate surface area is 131 Å². The van der Waals surface area contributed by atoms with Crippen molar-refractivity contribution in [3.8, 4) is 0 Å². The molecule has 4 rings (SSSR count). The molecular formula is C18H11NO2S. The van der Waals surface area contributed by atoms with E-state index in [1.807, 2.05) is 30.3 Å². The van der Waals surface area contributed by atoms with Crippen LogP contribution in [0.2, 0.25) is 0 Å². The number of amides is 2. The van der Waals surface area contributed by atoms with Crippen molar-refractivity contribution in [1.29, 1.82) is 0 Å². The zero-order valence-electron chi connectivity index (χ0n) is 11.5.